The molecule has 2 fully saturated rings. The Bertz CT molecular complexity index is 776. The Morgan fingerprint density at radius 3 is 2.66 bits per heavy atom. The smallest absolute Gasteiger partial charge is 0.248 e. The van der Waals surface area contributed by atoms with Gasteiger partial charge in [-0.1, -0.05) is 19.3 Å². The molecule has 2 amide bonds. The lowest BCUT2D eigenvalue weighted by Crippen LogP contribution is -2.42. The van der Waals surface area contributed by atoms with Gasteiger partial charge in [-0.3, -0.25) is 14.5 Å². The Hall–Kier alpha value is -2.02. The molecule has 1 saturated heterocycles. The third-order valence-electron chi connectivity index (χ3n) is 6.79. The topological polar surface area (TPSA) is 86.6 Å². The van der Waals surface area contributed by atoms with Crippen molar-refractivity contribution in [1.29, 1.82) is 0 Å². The van der Waals surface area contributed by atoms with Gasteiger partial charge in [-0.2, -0.15) is 0 Å². The lowest BCUT2D eigenvalue weighted by Gasteiger charge is -2.35. The van der Waals surface area contributed by atoms with Crippen LogP contribution >= 0.6 is 0 Å². The Kier molecular flexibility index (Phi) is 6.13. The van der Waals surface area contributed by atoms with Crippen molar-refractivity contribution in [3.63, 3.8) is 0 Å². The quantitative estimate of drug-likeness (QED) is 0.838. The molecule has 1 aromatic heterocycles. The van der Waals surface area contributed by atoms with Crippen molar-refractivity contribution in [3.8, 4) is 0 Å². The summed E-state index contributed by atoms with van der Waals surface area (Å²) in [6.45, 7) is 3.53. The van der Waals surface area contributed by atoms with E-state index in [1.54, 1.807) is 4.90 Å². The number of carbonyl (C=O) groups excluding carboxylic acids is 2. The normalized spacial score (nSPS) is 23.2. The maximum absolute atomic E-state index is 12.8. The second kappa shape index (κ2) is 8.78. The van der Waals surface area contributed by atoms with Crippen LogP contribution in [-0.2, 0) is 16.0 Å². The number of rotatable bonds is 4. The molecule has 158 valence electrons. The SMILES string of the molecule is Cc1nc([C@H]2CCCN(C(=O)CO)C2)nc2c1CCC(=O)N2CC1CCCCC1. The van der Waals surface area contributed by atoms with Gasteiger partial charge in [0.1, 0.15) is 18.2 Å². The van der Waals surface area contributed by atoms with Crippen molar-refractivity contribution in [2.75, 3.05) is 31.1 Å². The zero-order valence-corrected chi connectivity index (χ0v) is 17.4. The van der Waals surface area contributed by atoms with E-state index in [4.69, 9.17) is 9.97 Å². The van der Waals surface area contributed by atoms with Crippen LogP contribution in [-0.4, -0.2) is 58.0 Å². The average molecular weight is 401 g/mol. The molecule has 0 radical (unpaired) electrons. The van der Waals surface area contributed by atoms with E-state index < -0.39 is 6.61 Å². The number of anilines is 1. The van der Waals surface area contributed by atoms with Crippen molar-refractivity contribution in [1.82, 2.24) is 14.9 Å². The summed E-state index contributed by atoms with van der Waals surface area (Å²) in [6, 6.07) is 0. The first-order chi connectivity index (χ1) is 14.1. The minimum atomic E-state index is -0.458. The summed E-state index contributed by atoms with van der Waals surface area (Å²) >= 11 is 0. The van der Waals surface area contributed by atoms with Crippen molar-refractivity contribution in [2.24, 2.45) is 5.92 Å². The van der Waals surface area contributed by atoms with Crippen LogP contribution in [0.1, 0.15) is 74.4 Å². The number of hydrogen-bond acceptors (Lipinski definition) is 5. The second-order valence-electron chi connectivity index (χ2n) is 8.81. The van der Waals surface area contributed by atoms with Crippen molar-refractivity contribution < 1.29 is 14.7 Å². The lowest BCUT2D eigenvalue weighted by molar-refractivity contribution is -0.135. The van der Waals surface area contributed by atoms with Crippen LogP contribution in [0, 0.1) is 12.8 Å². The van der Waals surface area contributed by atoms with Crippen molar-refractivity contribution >= 4 is 17.6 Å². The van der Waals surface area contributed by atoms with E-state index in [-0.39, 0.29) is 17.7 Å². The fourth-order valence-electron chi connectivity index (χ4n) is 5.12. The van der Waals surface area contributed by atoms with Crippen LogP contribution in [0.15, 0.2) is 0 Å². The van der Waals surface area contributed by atoms with Gasteiger partial charge in [0.15, 0.2) is 0 Å². The zero-order valence-electron chi connectivity index (χ0n) is 17.4. The Morgan fingerprint density at radius 2 is 1.90 bits per heavy atom. The van der Waals surface area contributed by atoms with E-state index in [9.17, 15) is 14.7 Å². The Morgan fingerprint density at radius 1 is 1.10 bits per heavy atom. The molecule has 1 saturated carbocycles. The first-order valence-electron chi connectivity index (χ1n) is 11.1. The molecule has 0 unspecified atom stereocenters. The number of aliphatic hydroxyl groups excluding tert-OH is 1. The van der Waals surface area contributed by atoms with Gasteiger partial charge in [0.05, 0.1) is 0 Å². The van der Waals surface area contributed by atoms with Crippen LogP contribution in [0.25, 0.3) is 0 Å². The second-order valence-corrected chi connectivity index (χ2v) is 8.81. The molecule has 0 aromatic carbocycles. The number of aliphatic hydroxyl groups is 1. The molecule has 0 spiro atoms. The molecule has 1 aliphatic carbocycles. The van der Waals surface area contributed by atoms with Crippen molar-refractivity contribution in [3.05, 3.63) is 17.1 Å². The highest BCUT2D eigenvalue weighted by Gasteiger charge is 2.33. The van der Waals surface area contributed by atoms with Crippen LogP contribution in [0.3, 0.4) is 0 Å². The van der Waals surface area contributed by atoms with Crippen LogP contribution in [0.5, 0.6) is 0 Å². The van der Waals surface area contributed by atoms with E-state index in [1.165, 1.54) is 32.1 Å². The molecular weight excluding hydrogens is 368 g/mol. The monoisotopic (exact) mass is 400 g/mol. The van der Waals surface area contributed by atoms with E-state index in [0.29, 0.717) is 31.8 Å². The number of piperidine rings is 1. The highest BCUT2D eigenvalue weighted by Crippen LogP contribution is 2.34. The largest absolute Gasteiger partial charge is 0.387 e. The van der Waals surface area contributed by atoms with E-state index in [2.05, 4.69) is 0 Å². The summed E-state index contributed by atoms with van der Waals surface area (Å²) in [5.74, 6) is 2.09. The van der Waals surface area contributed by atoms with Gasteiger partial charge >= 0.3 is 0 Å². The van der Waals surface area contributed by atoms with Gasteiger partial charge in [-0.05, 0) is 44.9 Å². The molecule has 0 bridgehead atoms. The van der Waals surface area contributed by atoms with E-state index in [0.717, 1.165) is 42.3 Å². The zero-order chi connectivity index (χ0) is 20.4. The predicted molar refractivity (Wildman–Crippen MR) is 110 cm³/mol. The lowest BCUT2D eigenvalue weighted by atomic mass is 9.88. The van der Waals surface area contributed by atoms with Gasteiger partial charge in [-0.15, -0.1) is 0 Å². The van der Waals surface area contributed by atoms with E-state index >= 15 is 0 Å². The molecule has 3 heterocycles. The highest BCUT2D eigenvalue weighted by molar-refractivity contribution is 5.95. The van der Waals surface area contributed by atoms with Crippen molar-refractivity contribution in [2.45, 2.75) is 70.6 Å². The maximum Gasteiger partial charge on any atom is 0.248 e. The molecule has 1 N–H and O–H groups in total. The first-order valence-corrected chi connectivity index (χ1v) is 11.1. The summed E-state index contributed by atoms with van der Waals surface area (Å²) in [5, 5.41) is 9.20. The number of carbonyl (C=O) groups is 2. The maximum atomic E-state index is 12.8. The number of fused-ring (bicyclic) bond motifs is 1. The minimum Gasteiger partial charge on any atom is -0.387 e. The Labute approximate surface area is 172 Å². The van der Waals surface area contributed by atoms with Crippen LogP contribution < -0.4 is 4.90 Å². The number of nitrogens with zero attached hydrogens (tertiary/aromatic N) is 4. The van der Waals surface area contributed by atoms with Gasteiger partial charge in [-0.25, -0.2) is 9.97 Å². The highest BCUT2D eigenvalue weighted by atomic mass is 16.3. The fraction of sp³-hybridized carbons (Fsp3) is 0.727. The molecule has 1 atom stereocenters. The summed E-state index contributed by atoms with van der Waals surface area (Å²) in [7, 11) is 0. The molecule has 2 aliphatic heterocycles. The number of aryl methyl sites for hydroxylation is 1. The van der Waals surface area contributed by atoms with Gasteiger partial charge in [0.25, 0.3) is 0 Å². The van der Waals surface area contributed by atoms with Gasteiger partial charge in [0, 0.05) is 43.2 Å². The molecule has 4 rings (SSSR count). The van der Waals surface area contributed by atoms with Crippen LogP contribution in [0.4, 0.5) is 5.82 Å². The summed E-state index contributed by atoms with van der Waals surface area (Å²) in [6.07, 6.45) is 9.23. The first kappa shape index (κ1) is 20.3. The minimum absolute atomic E-state index is 0.0526. The molecule has 3 aliphatic rings. The number of amides is 2. The third kappa shape index (κ3) is 4.29. The summed E-state index contributed by atoms with van der Waals surface area (Å²) in [4.78, 5) is 38.1. The predicted octanol–water partition coefficient (Wildman–Crippen LogP) is 2.34. The summed E-state index contributed by atoms with van der Waals surface area (Å²) in [5.41, 5.74) is 2.06. The standard InChI is InChI=1S/C22H32N4O3/c1-15-18-9-10-19(28)26(12-16-6-3-2-4-7-16)22(18)24-21(23-15)17-8-5-11-25(13-17)20(29)14-27/h16-17,27H,2-14H2,1H3/t17-/m0/s1. The molecular formula is C22H32N4O3. The molecule has 29 heavy (non-hydrogen) atoms. The molecule has 7 nitrogen and oxygen atoms in total. The number of aromatic nitrogens is 2. The number of hydrogen-bond donors (Lipinski definition) is 1. The average Bonchev–Trinajstić information content (AvgIpc) is 2.76. The molecule has 1 aromatic rings. The Balaban J connectivity index is 1.60. The van der Waals surface area contributed by atoms with Crippen LogP contribution in [0.2, 0.25) is 0 Å². The fourth-order valence-corrected chi connectivity index (χ4v) is 5.12. The van der Waals surface area contributed by atoms with Gasteiger partial charge < -0.3 is 10.0 Å². The van der Waals surface area contributed by atoms with E-state index in [1.807, 2.05) is 11.8 Å². The summed E-state index contributed by atoms with van der Waals surface area (Å²) < 4.78 is 0. The van der Waals surface area contributed by atoms with Gasteiger partial charge in [0.2, 0.25) is 11.8 Å². The number of likely N-dealkylation sites (tertiary alicyclic amines) is 1. The molecule has 7 heteroatoms. The third-order valence-corrected chi connectivity index (χ3v) is 6.79.